The van der Waals surface area contributed by atoms with Crippen LogP contribution in [0.3, 0.4) is 0 Å². The van der Waals surface area contributed by atoms with Crippen molar-refractivity contribution < 1.29 is 0 Å². The molecule has 0 aromatic heterocycles. The Morgan fingerprint density at radius 3 is 2.47 bits per heavy atom. The Hall–Kier alpha value is -0.770. The fraction of sp³-hybridized carbons (Fsp3) is 0.909. The second kappa shape index (κ2) is 4.84. The van der Waals surface area contributed by atoms with E-state index in [1.54, 1.807) is 0 Å². The fourth-order valence-electron chi connectivity index (χ4n) is 2.15. The molecule has 15 heavy (non-hydrogen) atoms. The highest BCUT2D eigenvalue weighted by Gasteiger charge is 2.38. The number of aliphatic imine (C=N–C) groups is 1. The molecule has 0 bridgehead atoms. The second-order valence-electron chi connectivity index (χ2n) is 4.56. The summed E-state index contributed by atoms with van der Waals surface area (Å²) in [5.41, 5.74) is 6.13. The normalized spacial score (nSPS) is 19.8. The lowest BCUT2D eigenvalue weighted by atomic mass is 9.92. The van der Waals surface area contributed by atoms with Gasteiger partial charge in [-0.05, 0) is 26.9 Å². The Bertz CT molecular complexity index is 231. The van der Waals surface area contributed by atoms with E-state index >= 15 is 0 Å². The molecule has 1 aliphatic rings. The van der Waals surface area contributed by atoms with E-state index in [1.165, 1.54) is 0 Å². The van der Waals surface area contributed by atoms with Gasteiger partial charge >= 0.3 is 0 Å². The molecule has 0 saturated carbocycles. The molecule has 0 aromatic rings. The topological polar surface area (TPSA) is 44.9 Å². The first-order valence-corrected chi connectivity index (χ1v) is 5.78. The van der Waals surface area contributed by atoms with Crippen LogP contribution >= 0.6 is 0 Å². The zero-order valence-corrected chi connectivity index (χ0v) is 10.5. The van der Waals surface area contributed by atoms with E-state index < -0.39 is 0 Å². The molecule has 1 heterocycles. The van der Waals surface area contributed by atoms with Crippen LogP contribution in [0.25, 0.3) is 0 Å². The lowest BCUT2D eigenvalue weighted by Crippen LogP contribution is -2.52. The molecule has 88 valence electrons. The van der Waals surface area contributed by atoms with Crippen molar-refractivity contribution in [3.8, 4) is 0 Å². The van der Waals surface area contributed by atoms with Gasteiger partial charge in [0.15, 0.2) is 5.96 Å². The average molecular weight is 212 g/mol. The molecule has 0 fully saturated rings. The third kappa shape index (κ3) is 2.43. The van der Waals surface area contributed by atoms with Gasteiger partial charge in [0.2, 0.25) is 0 Å². The van der Waals surface area contributed by atoms with Crippen LogP contribution in [0.1, 0.15) is 26.7 Å². The molecule has 0 spiro atoms. The Morgan fingerprint density at radius 2 is 2.00 bits per heavy atom. The molecule has 2 N–H and O–H groups in total. The molecule has 0 saturated heterocycles. The van der Waals surface area contributed by atoms with Gasteiger partial charge in [-0.3, -0.25) is 4.99 Å². The molecular weight excluding hydrogens is 188 g/mol. The number of hydrogen-bond acceptors (Lipinski definition) is 4. The Labute approximate surface area is 93.1 Å². The highest BCUT2D eigenvalue weighted by molar-refractivity contribution is 5.81. The zero-order valence-electron chi connectivity index (χ0n) is 10.5. The Balaban J connectivity index is 2.67. The number of rotatable bonds is 5. The summed E-state index contributed by atoms with van der Waals surface area (Å²) < 4.78 is 0. The van der Waals surface area contributed by atoms with Crippen molar-refractivity contribution >= 4 is 5.96 Å². The van der Waals surface area contributed by atoms with Crippen molar-refractivity contribution in [3.05, 3.63) is 0 Å². The maximum absolute atomic E-state index is 5.95. The van der Waals surface area contributed by atoms with Crippen LogP contribution in [-0.2, 0) is 0 Å². The minimum absolute atomic E-state index is 0.181. The highest BCUT2D eigenvalue weighted by Crippen LogP contribution is 2.28. The van der Waals surface area contributed by atoms with Gasteiger partial charge in [-0.2, -0.15) is 0 Å². The third-order valence-electron chi connectivity index (χ3n) is 3.47. The molecule has 1 rings (SSSR count). The molecule has 0 aliphatic carbocycles. The summed E-state index contributed by atoms with van der Waals surface area (Å²) in [6.45, 7) is 7.31. The van der Waals surface area contributed by atoms with Crippen molar-refractivity contribution in [2.75, 3.05) is 33.7 Å². The zero-order chi connectivity index (χ0) is 11.5. The first kappa shape index (κ1) is 12.3. The van der Waals surface area contributed by atoms with E-state index in [-0.39, 0.29) is 5.54 Å². The fourth-order valence-corrected chi connectivity index (χ4v) is 2.15. The Kier molecular flexibility index (Phi) is 3.97. The number of nitrogens with two attached hydrogens (primary N) is 1. The van der Waals surface area contributed by atoms with Crippen LogP contribution in [0.15, 0.2) is 4.99 Å². The Morgan fingerprint density at radius 1 is 1.40 bits per heavy atom. The molecule has 0 unspecified atom stereocenters. The monoisotopic (exact) mass is 212 g/mol. The van der Waals surface area contributed by atoms with Gasteiger partial charge in [-0.15, -0.1) is 0 Å². The number of nitrogens with zero attached hydrogens (tertiary/aromatic N) is 3. The van der Waals surface area contributed by atoms with E-state index in [2.05, 4.69) is 42.7 Å². The SMILES string of the molecule is CCC1(CC)CN=C(N)N1CCN(C)C. The number of guanidine groups is 1. The molecule has 4 heteroatoms. The van der Waals surface area contributed by atoms with E-state index in [0.717, 1.165) is 38.4 Å². The molecule has 0 amide bonds. The lowest BCUT2D eigenvalue weighted by Gasteiger charge is -2.38. The van der Waals surface area contributed by atoms with Gasteiger partial charge in [-0.25, -0.2) is 0 Å². The highest BCUT2D eigenvalue weighted by atomic mass is 15.4. The van der Waals surface area contributed by atoms with E-state index in [1.807, 2.05) is 0 Å². The van der Waals surface area contributed by atoms with Crippen LogP contribution in [0.4, 0.5) is 0 Å². The summed E-state index contributed by atoms with van der Waals surface area (Å²) in [6, 6.07) is 0. The van der Waals surface area contributed by atoms with Gasteiger partial charge in [-0.1, -0.05) is 13.8 Å². The average Bonchev–Trinajstić information content (AvgIpc) is 2.53. The van der Waals surface area contributed by atoms with Gasteiger partial charge in [0.25, 0.3) is 0 Å². The predicted molar refractivity (Wildman–Crippen MR) is 65.1 cm³/mol. The second-order valence-corrected chi connectivity index (χ2v) is 4.56. The smallest absolute Gasteiger partial charge is 0.191 e. The summed E-state index contributed by atoms with van der Waals surface area (Å²) in [4.78, 5) is 8.86. The molecule has 0 atom stereocenters. The number of hydrogen-bond donors (Lipinski definition) is 1. The maximum atomic E-state index is 5.95. The van der Waals surface area contributed by atoms with E-state index in [0.29, 0.717) is 0 Å². The van der Waals surface area contributed by atoms with E-state index in [9.17, 15) is 0 Å². The quantitative estimate of drug-likeness (QED) is 0.731. The predicted octanol–water partition coefficient (Wildman–Crippen LogP) is 0.737. The standard InChI is InChI=1S/C11H24N4/c1-5-11(6-2)9-13-10(12)15(11)8-7-14(3)4/h5-9H2,1-4H3,(H2,12,13). The number of likely N-dealkylation sites (N-methyl/N-ethyl adjacent to an activating group) is 1. The van der Waals surface area contributed by atoms with Gasteiger partial charge in [0, 0.05) is 13.1 Å². The minimum atomic E-state index is 0.181. The first-order valence-electron chi connectivity index (χ1n) is 5.78. The largest absolute Gasteiger partial charge is 0.370 e. The molecule has 0 radical (unpaired) electrons. The molecular formula is C11H24N4. The van der Waals surface area contributed by atoms with Crippen LogP contribution in [0.2, 0.25) is 0 Å². The van der Waals surface area contributed by atoms with Crippen molar-refractivity contribution in [1.29, 1.82) is 0 Å². The lowest BCUT2D eigenvalue weighted by molar-refractivity contribution is 0.172. The van der Waals surface area contributed by atoms with Crippen LogP contribution < -0.4 is 5.73 Å². The van der Waals surface area contributed by atoms with Crippen LogP contribution in [-0.4, -0.2) is 55.0 Å². The summed E-state index contributed by atoms with van der Waals surface area (Å²) in [6.07, 6.45) is 2.22. The van der Waals surface area contributed by atoms with Gasteiger partial charge < -0.3 is 15.5 Å². The van der Waals surface area contributed by atoms with Crippen LogP contribution in [0, 0.1) is 0 Å². The van der Waals surface area contributed by atoms with Crippen molar-refractivity contribution in [3.63, 3.8) is 0 Å². The van der Waals surface area contributed by atoms with E-state index in [4.69, 9.17) is 5.73 Å². The summed E-state index contributed by atoms with van der Waals surface area (Å²) in [5, 5.41) is 0. The summed E-state index contributed by atoms with van der Waals surface area (Å²) in [5.74, 6) is 0.723. The van der Waals surface area contributed by atoms with Gasteiger partial charge in [0.05, 0.1) is 12.1 Å². The minimum Gasteiger partial charge on any atom is -0.370 e. The maximum Gasteiger partial charge on any atom is 0.191 e. The summed E-state index contributed by atoms with van der Waals surface area (Å²) in [7, 11) is 4.17. The van der Waals surface area contributed by atoms with Crippen molar-refractivity contribution in [2.45, 2.75) is 32.2 Å². The molecule has 1 aliphatic heterocycles. The third-order valence-corrected chi connectivity index (χ3v) is 3.47. The van der Waals surface area contributed by atoms with Crippen LogP contribution in [0.5, 0.6) is 0 Å². The van der Waals surface area contributed by atoms with Crippen molar-refractivity contribution in [1.82, 2.24) is 9.80 Å². The first-order chi connectivity index (χ1) is 7.05. The van der Waals surface area contributed by atoms with Crippen molar-refractivity contribution in [2.24, 2.45) is 10.7 Å². The molecule has 4 nitrogen and oxygen atoms in total. The molecule has 0 aromatic carbocycles. The van der Waals surface area contributed by atoms with Gasteiger partial charge in [0.1, 0.15) is 0 Å². The summed E-state index contributed by atoms with van der Waals surface area (Å²) >= 11 is 0.